The Morgan fingerprint density at radius 3 is 2.74 bits per heavy atom. The van der Waals surface area contributed by atoms with Crippen LogP contribution in [-0.2, 0) is 11.3 Å². The molecule has 0 fully saturated rings. The van der Waals surface area contributed by atoms with E-state index in [1.54, 1.807) is 6.92 Å². The topological polar surface area (TPSA) is 59.3 Å². The van der Waals surface area contributed by atoms with Crippen molar-refractivity contribution in [3.05, 3.63) is 45.3 Å². The summed E-state index contributed by atoms with van der Waals surface area (Å²) < 4.78 is 5.28. The molecule has 0 saturated heterocycles. The molecule has 0 aliphatic heterocycles. The summed E-state index contributed by atoms with van der Waals surface area (Å²) in [5.74, 6) is -0.0368. The van der Waals surface area contributed by atoms with E-state index >= 15 is 0 Å². The van der Waals surface area contributed by atoms with Crippen molar-refractivity contribution in [2.24, 2.45) is 0 Å². The quantitative estimate of drug-likeness (QED) is 0.861. The van der Waals surface area contributed by atoms with Crippen LogP contribution in [0.2, 0.25) is 0 Å². The predicted molar refractivity (Wildman–Crippen MR) is 74.1 cm³/mol. The molecule has 100 valence electrons. The van der Waals surface area contributed by atoms with Crippen molar-refractivity contribution in [1.29, 1.82) is 0 Å². The van der Waals surface area contributed by atoms with E-state index in [2.05, 4.69) is 5.32 Å². The van der Waals surface area contributed by atoms with Gasteiger partial charge in [-0.3, -0.25) is 4.79 Å². The van der Waals surface area contributed by atoms with E-state index in [1.807, 2.05) is 26.0 Å². The van der Waals surface area contributed by atoms with Gasteiger partial charge in [-0.1, -0.05) is 19.1 Å². The summed E-state index contributed by atoms with van der Waals surface area (Å²) in [5, 5.41) is 3.66. The highest BCUT2D eigenvalue weighted by atomic mass is 16.4. The van der Waals surface area contributed by atoms with Gasteiger partial charge in [-0.15, -0.1) is 0 Å². The molecule has 0 bridgehead atoms. The SMILES string of the molecule is CCC(=O)NCc1cc(=O)oc2c(C)c(C)ccc12. The van der Waals surface area contributed by atoms with Crippen molar-refractivity contribution < 1.29 is 9.21 Å². The molecule has 0 aliphatic carbocycles. The normalized spacial score (nSPS) is 10.7. The molecule has 19 heavy (non-hydrogen) atoms. The van der Waals surface area contributed by atoms with Crippen LogP contribution in [0.5, 0.6) is 0 Å². The minimum Gasteiger partial charge on any atom is -0.422 e. The van der Waals surface area contributed by atoms with Gasteiger partial charge >= 0.3 is 5.63 Å². The molecule has 2 aromatic rings. The largest absolute Gasteiger partial charge is 0.422 e. The van der Waals surface area contributed by atoms with Crippen molar-refractivity contribution in [2.45, 2.75) is 33.7 Å². The molecule has 2 rings (SSSR count). The second-order valence-corrected chi connectivity index (χ2v) is 4.61. The first kappa shape index (κ1) is 13.3. The third-order valence-electron chi connectivity index (χ3n) is 3.31. The van der Waals surface area contributed by atoms with Gasteiger partial charge in [0.2, 0.25) is 5.91 Å². The summed E-state index contributed by atoms with van der Waals surface area (Å²) in [7, 11) is 0. The van der Waals surface area contributed by atoms with E-state index in [9.17, 15) is 9.59 Å². The molecule has 0 spiro atoms. The summed E-state index contributed by atoms with van der Waals surface area (Å²) in [5.41, 5.74) is 3.04. The van der Waals surface area contributed by atoms with Gasteiger partial charge in [0.15, 0.2) is 0 Å². The molecule has 1 heterocycles. The highest BCUT2D eigenvalue weighted by Crippen LogP contribution is 2.23. The van der Waals surface area contributed by atoms with Crippen LogP contribution in [0.4, 0.5) is 0 Å². The second-order valence-electron chi connectivity index (χ2n) is 4.61. The molecule has 4 nitrogen and oxygen atoms in total. The van der Waals surface area contributed by atoms with Crippen molar-refractivity contribution in [3.8, 4) is 0 Å². The Morgan fingerprint density at radius 2 is 2.05 bits per heavy atom. The Bertz CT molecular complexity index is 686. The van der Waals surface area contributed by atoms with Crippen molar-refractivity contribution in [3.63, 3.8) is 0 Å². The van der Waals surface area contributed by atoms with Crippen LogP contribution in [0, 0.1) is 13.8 Å². The number of amides is 1. The van der Waals surface area contributed by atoms with E-state index in [0.29, 0.717) is 18.5 Å². The molecular formula is C15H17NO3. The van der Waals surface area contributed by atoms with Gasteiger partial charge in [-0.25, -0.2) is 4.79 Å². The molecule has 0 aliphatic rings. The van der Waals surface area contributed by atoms with Gasteiger partial charge in [0, 0.05) is 24.4 Å². The van der Waals surface area contributed by atoms with Crippen molar-refractivity contribution >= 4 is 16.9 Å². The average Bonchev–Trinajstić information content (AvgIpc) is 2.40. The zero-order valence-electron chi connectivity index (χ0n) is 11.4. The van der Waals surface area contributed by atoms with Crippen LogP contribution >= 0.6 is 0 Å². The van der Waals surface area contributed by atoms with Gasteiger partial charge in [-0.2, -0.15) is 0 Å². The van der Waals surface area contributed by atoms with E-state index in [1.165, 1.54) is 6.07 Å². The maximum absolute atomic E-state index is 11.6. The van der Waals surface area contributed by atoms with Gasteiger partial charge < -0.3 is 9.73 Å². The fourth-order valence-electron chi connectivity index (χ4n) is 1.99. The first-order chi connectivity index (χ1) is 9.02. The molecular weight excluding hydrogens is 242 g/mol. The summed E-state index contributed by atoms with van der Waals surface area (Å²) in [6, 6.07) is 5.35. The molecule has 4 heteroatoms. The van der Waals surface area contributed by atoms with Crippen LogP contribution in [0.25, 0.3) is 11.0 Å². The zero-order valence-corrected chi connectivity index (χ0v) is 11.4. The molecule has 0 radical (unpaired) electrons. The summed E-state index contributed by atoms with van der Waals surface area (Å²) in [6.45, 7) is 6.03. The monoisotopic (exact) mass is 259 g/mol. The molecule has 1 N–H and O–H groups in total. The fraction of sp³-hybridized carbons (Fsp3) is 0.333. The lowest BCUT2D eigenvalue weighted by Gasteiger charge is -2.09. The number of carbonyl (C=O) groups excluding carboxylic acids is 1. The Kier molecular flexibility index (Phi) is 3.69. The van der Waals surface area contributed by atoms with Crippen LogP contribution in [-0.4, -0.2) is 5.91 Å². The van der Waals surface area contributed by atoms with Gasteiger partial charge in [-0.05, 0) is 30.5 Å². The van der Waals surface area contributed by atoms with Crippen LogP contribution < -0.4 is 10.9 Å². The zero-order chi connectivity index (χ0) is 14.0. The van der Waals surface area contributed by atoms with Crippen LogP contribution in [0.1, 0.15) is 30.0 Å². The number of benzene rings is 1. The number of aryl methyl sites for hydroxylation is 2. The lowest BCUT2D eigenvalue weighted by Crippen LogP contribution is -2.22. The minimum absolute atomic E-state index is 0.0368. The summed E-state index contributed by atoms with van der Waals surface area (Å²) in [6.07, 6.45) is 0.428. The van der Waals surface area contributed by atoms with Crippen molar-refractivity contribution in [2.75, 3.05) is 0 Å². The van der Waals surface area contributed by atoms with E-state index in [4.69, 9.17) is 4.42 Å². The van der Waals surface area contributed by atoms with Crippen LogP contribution in [0.3, 0.4) is 0 Å². The number of hydrogen-bond acceptors (Lipinski definition) is 3. The number of nitrogens with one attached hydrogen (secondary N) is 1. The Morgan fingerprint density at radius 1 is 1.32 bits per heavy atom. The maximum atomic E-state index is 11.6. The van der Waals surface area contributed by atoms with E-state index in [-0.39, 0.29) is 11.5 Å². The highest BCUT2D eigenvalue weighted by molar-refractivity contribution is 5.84. The average molecular weight is 259 g/mol. The summed E-state index contributed by atoms with van der Waals surface area (Å²) >= 11 is 0. The van der Waals surface area contributed by atoms with Crippen LogP contribution in [0.15, 0.2) is 27.4 Å². The van der Waals surface area contributed by atoms with Crippen molar-refractivity contribution in [1.82, 2.24) is 5.32 Å². The lowest BCUT2D eigenvalue weighted by atomic mass is 10.0. The molecule has 0 saturated carbocycles. The van der Waals surface area contributed by atoms with E-state index in [0.717, 1.165) is 22.1 Å². The third kappa shape index (κ3) is 2.67. The summed E-state index contributed by atoms with van der Waals surface area (Å²) in [4.78, 5) is 22.9. The molecule has 0 atom stereocenters. The minimum atomic E-state index is -0.387. The van der Waals surface area contributed by atoms with E-state index < -0.39 is 0 Å². The van der Waals surface area contributed by atoms with Gasteiger partial charge in [0.1, 0.15) is 5.58 Å². The van der Waals surface area contributed by atoms with Gasteiger partial charge in [0.05, 0.1) is 0 Å². The van der Waals surface area contributed by atoms with Gasteiger partial charge in [0.25, 0.3) is 0 Å². The highest BCUT2D eigenvalue weighted by Gasteiger charge is 2.09. The fourth-order valence-corrected chi connectivity index (χ4v) is 1.99. The Balaban J connectivity index is 2.52. The smallest absolute Gasteiger partial charge is 0.336 e. The first-order valence-corrected chi connectivity index (χ1v) is 6.32. The molecule has 1 aromatic heterocycles. The number of fused-ring (bicyclic) bond motifs is 1. The predicted octanol–water partition coefficient (Wildman–Crippen LogP) is 2.44. The standard InChI is InChI=1S/C15H17NO3/c1-4-13(17)16-8-11-7-14(18)19-15-10(3)9(2)5-6-12(11)15/h5-7H,4,8H2,1-3H3,(H,16,17). The molecule has 1 amide bonds. The second kappa shape index (κ2) is 5.26. The molecule has 0 unspecified atom stereocenters. The molecule has 1 aromatic carbocycles. The maximum Gasteiger partial charge on any atom is 0.336 e. The number of carbonyl (C=O) groups is 1. The Labute approximate surface area is 111 Å². The first-order valence-electron chi connectivity index (χ1n) is 6.32. The number of rotatable bonds is 3. The lowest BCUT2D eigenvalue weighted by molar-refractivity contribution is -0.120. The third-order valence-corrected chi connectivity index (χ3v) is 3.31. The number of hydrogen-bond donors (Lipinski definition) is 1. The Hall–Kier alpha value is -2.10.